The number of nitrogens with zero attached hydrogens (tertiary/aromatic N) is 6. The molecule has 0 aliphatic carbocycles. The molecule has 2 heterocycles. The molecule has 0 radical (unpaired) electrons. The van der Waals surface area contributed by atoms with Crippen LogP contribution in [0.15, 0.2) is 43.4 Å². The van der Waals surface area contributed by atoms with Crippen LogP contribution in [0.5, 0.6) is 5.75 Å². The minimum Gasteiger partial charge on any atom is -0.486 e. The zero-order valence-electron chi connectivity index (χ0n) is 21.3. The van der Waals surface area contributed by atoms with Crippen LogP contribution in [0.3, 0.4) is 0 Å². The number of carbonyl (C=O) groups excluding carboxylic acids is 2. The number of aromatic nitrogens is 5. The van der Waals surface area contributed by atoms with Crippen molar-refractivity contribution in [2.45, 2.75) is 39.8 Å². The molecule has 0 aliphatic rings. The standard InChI is InChI=1S/C25H32N8O3/c1-7-20(34)32(6)10-11-36-22-21(28-15-29-23(22)26)17-8-9-18(16(2)12-17)13-27-24(35)19-14-33(31-30-19)25(3,4)5/h7-9,12,14-15H,1,10-11,13H2,2-6H3,(H,27,35)(H2,26,28,29). The molecule has 3 aromatic rings. The number of benzene rings is 1. The number of nitrogens with one attached hydrogen (secondary N) is 1. The zero-order valence-corrected chi connectivity index (χ0v) is 21.3. The van der Waals surface area contributed by atoms with Crippen molar-refractivity contribution >= 4 is 17.6 Å². The van der Waals surface area contributed by atoms with E-state index in [1.807, 2.05) is 45.9 Å². The molecule has 190 valence electrons. The fourth-order valence-corrected chi connectivity index (χ4v) is 3.29. The average molecular weight is 493 g/mol. The third-order valence-corrected chi connectivity index (χ3v) is 5.52. The lowest BCUT2D eigenvalue weighted by Crippen LogP contribution is -2.29. The van der Waals surface area contributed by atoms with E-state index in [4.69, 9.17) is 10.5 Å². The normalized spacial score (nSPS) is 11.1. The molecule has 0 atom stereocenters. The van der Waals surface area contributed by atoms with Gasteiger partial charge in [-0.25, -0.2) is 14.6 Å². The van der Waals surface area contributed by atoms with Crippen LogP contribution >= 0.6 is 0 Å². The van der Waals surface area contributed by atoms with E-state index in [1.165, 1.54) is 17.3 Å². The molecule has 3 rings (SSSR count). The summed E-state index contributed by atoms with van der Waals surface area (Å²) >= 11 is 0. The van der Waals surface area contributed by atoms with E-state index >= 15 is 0 Å². The molecule has 0 saturated heterocycles. The summed E-state index contributed by atoms with van der Waals surface area (Å²) in [5.74, 6) is 0.0516. The highest BCUT2D eigenvalue weighted by Crippen LogP contribution is 2.32. The van der Waals surface area contributed by atoms with Gasteiger partial charge in [0.05, 0.1) is 18.3 Å². The van der Waals surface area contributed by atoms with Crippen molar-refractivity contribution in [2.75, 3.05) is 25.9 Å². The second-order valence-electron chi connectivity index (χ2n) is 9.29. The second kappa shape index (κ2) is 11.0. The Morgan fingerprint density at radius 3 is 2.67 bits per heavy atom. The SMILES string of the molecule is C=CC(=O)N(C)CCOc1c(N)ncnc1-c1ccc(CNC(=O)c2cn(C(C)(C)C)nn2)c(C)c1. The van der Waals surface area contributed by atoms with Gasteiger partial charge in [0.2, 0.25) is 5.91 Å². The molecule has 0 unspecified atom stereocenters. The fourth-order valence-electron chi connectivity index (χ4n) is 3.29. The summed E-state index contributed by atoms with van der Waals surface area (Å²) in [5.41, 5.74) is 9.27. The first kappa shape index (κ1) is 26.3. The number of nitrogen functional groups attached to an aromatic ring is 1. The molecule has 0 bridgehead atoms. The van der Waals surface area contributed by atoms with Gasteiger partial charge in [0, 0.05) is 19.2 Å². The molecular formula is C25H32N8O3. The number of hydrogen-bond acceptors (Lipinski definition) is 8. The van der Waals surface area contributed by atoms with E-state index < -0.39 is 0 Å². The molecule has 2 amide bonds. The number of ether oxygens (including phenoxy) is 1. The summed E-state index contributed by atoms with van der Waals surface area (Å²) in [7, 11) is 1.66. The van der Waals surface area contributed by atoms with E-state index in [2.05, 4.69) is 32.2 Å². The molecule has 36 heavy (non-hydrogen) atoms. The van der Waals surface area contributed by atoms with Crippen molar-refractivity contribution in [3.63, 3.8) is 0 Å². The van der Waals surface area contributed by atoms with E-state index in [0.29, 0.717) is 24.5 Å². The van der Waals surface area contributed by atoms with Gasteiger partial charge in [-0.15, -0.1) is 5.10 Å². The predicted octanol–water partition coefficient (Wildman–Crippen LogP) is 2.33. The monoisotopic (exact) mass is 492 g/mol. The highest BCUT2D eigenvalue weighted by Gasteiger charge is 2.19. The summed E-state index contributed by atoms with van der Waals surface area (Å²) in [5, 5.41) is 10.9. The van der Waals surface area contributed by atoms with Gasteiger partial charge >= 0.3 is 0 Å². The van der Waals surface area contributed by atoms with Crippen LogP contribution in [0.1, 0.15) is 42.4 Å². The van der Waals surface area contributed by atoms with Crippen molar-refractivity contribution in [3.8, 4) is 17.0 Å². The third-order valence-electron chi connectivity index (χ3n) is 5.52. The summed E-state index contributed by atoms with van der Waals surface area (Å²) in [6.45, 7) is 12.3. The maximum atomic E-state index is 12.5. The lowest BCUT2D eigenvalue weighted by Gasteiger charge is -2.17. The highest BCUT2D eigenvalue weighted by molar-refractivity contribution is 5.91. The minimum absolute atomic E-state index is 0.201. The average Bonchev–Trinajstić information content (AvgIpc) is 3.34. The summed E-state index contributed by atoms with van der Waals surface area (Å²) < 4.78 is 7.52. The fraction of sp³-hybridized carbons (Fsp3) is 0.360. The molecule has 11 heteroatoms. The minimum atomic E-state index is -0.298. The summed E-state index contributed by atoms with van der Waals surface area (Å²) in [6.07, 6.45) is 4.25. The van der Waals surface area contributed by atoms with Crippen LogP contribution in [0, 0.1) is 6.92 Å². The molecule has 0 spiro atoms. The van der Waals surface area contributed by atoms with Crippen LogP contribution < -0.4 is 15.8 Å². The van der Waals surface area contributed by atoms with Gasteiger partial charge in [0.25, 0.3) is 5.91 Å². The Bertz CT molecular complexity index is 1260. The first-order chi connectivity index (χ1) is 17.0. The predicted molar refractivity (Wildman–Crippen MR) is 136 cm³/mol. The number of likely N-dealkylation sites (N-methyl/N-ethyl adjacent to an activating group) is 1. The van der Waals surface area contributed by atoms with Gasteiger partial charge in [-0.2, -0.15) is 0 Å². The smallest absolute Gasteiger partial charge is 0.273 e. The highest BCUT2D eigenvalue weighted by atomic mass is 16.5. The number of rotatable bonds is 9. The van der Waals surface area contributed by atoms with Crippen LogP contribution in [0.2, 0.25) is 0 Å². The first-order valence-electron chi connectivity index (χ1n) is 11.4. The van der Waals surface area contributed by atoms with E-state index in [1.54, 1.807) is 17.9 Å². The second-order valence-corrected chi connectivity index (χ2v) is 9.29. The lowest BCUT2D eigenvalue weighted by molar-refractivity contribution is -0.125. The van der Waals surface area contributed by atoms with Gasteiger partial charge in [-0.05, 0) is 51.0 Å². The van der Waals surface area contributed by atoms with E-state index in [-0.39, 0.29) is 35.5 Å². The third kappa shape index (κ3) is 6.23. The Morgan fingerprint density at radius 1 is 1.28 bits per heavy atom. The molecular weight excluding hydrogens is 460 g/mol. The van der Waals surface area contributed by atoms with E-state index in [9.17, 15) is 9.59 Å². The lowest BCUT2D eigenvalue weighted by atomic mass is 10.0. The van der Waals surface area contributed by atoms with E-state index in [0.717, 1.165) is 16.7 Å². The van der Waals surface area contributed by atoms with Crippen LogP contribution in [0.25, 0.3) is 11.3 Å². The molecule has 2 aromatic heterocycles. The number of carbonyl (C=O) groups is 2. The number of aryl methyl sites for hydroxylation is 1. The molecule has 0 aliphatic heterocycles. The number of amides is 2. The van der Waals surface area contributed by atoms with Crippen LogP contribution in [0.4, 0.5) is 5.82 Å². The summed E-state index contributed by atoms with van der Waals surface area (Å²) in [4.78, 5) is 34.1. The molecule has 0 saturated carbocycles. The van der Waals surface area contributed by atoms with Crippen LogP contribution in [-0.2, 0) is 16.9 Å². The van der Waals surface area contributed by atoms with Gasteiger partial charge in [-0.1, -0.05) is 23.9 Å². The topological polar surface area (TPSA) is 141 Å². The Kier molecular flexibility index (Phi) is 8.03. The van der Waals surface area contributed by atoms with Gasteiger partial charge in [0.1, 0.15) is 18.6 Å². The summed E-state index contributed by atoms with van der Waals surface area (Å²) in [6, 6.07) is 5.74. The van der Waals surface area contributed by atoms with Crippen molar-refractivity contribution < 1.29 is 14.3 Å². The Morgan fingerprint density at radius 2 is 2.03 bits per heavy atom. The number of anilines is 1. The van der Waals surface area contributed by atoms with Crippen molar-refractivity contribution in [3.05, 3.63) is 60.2 Å². The Labute approximate surface area is 210 Å². The quantitative estimate of drug-likeness (QED) is 0.434. The van der Waals surface area contributed by atoms with Gasteiger partial charge in [0.15, 0.2) is 17.3 Å². The van der Waals surface area contributed by atoms with Gasteiger partial charge < -0.3 is 20.7 Å². The molecule has 11 nitrogen and oxygen atoms in total. The van der Waals surface area contributed by atoms with Crippen LogP contribution in [-0.4, -0.2) is 61.9 Å². The van der Waals surface area contributed by atoms with Gasteiger partial charge in [-0.3, -0.25) is 9.59 Å². The first-order valence-corrected chi connectivity index (χ1v) is 11.4. The van der Waals surface area contributed by atoms with Crippen molar-refractivity contribution in [1.82, 2.24) is 35.2 Å². The Balaban J connectivity index is 1.70. The Hall–Kier alpha value is -4.28. The number of hydrogen-bond donors (Lipinski definition) is 2. The maximum Gasteiger partial charge on any atom is 0.273 e. The van der Waals surface area contributed by atoms with Crippen molar-refractivity contribution in [2.24, 2.45) is 0 Å². The maximum absolute atomic E-state index is 12.5. The molecule has 3 N–H and O–H groups in total. The van der Waals surface area contributed by atoms with Crippen molar-refractivity contribution in [1.29, 1.82) is 0 Å². The molecule has 1 aromatic carbocycles. The molecule has 0 fully saturated rings. The largest absolute Gasteiger partial charge is 0.486 e. The zero-order chi connectivity index (χ0) is 26.5. The number of nitrogens with two attached hydrogens (primary N) is 1.